The van der Waals surface area contributed by atoms with Crippen LogP contribution in [0.3, 0.4) is 0 Å². The summed E-state index contributed by atoms with van der Waals surface area (Å²) in [5.74, 6) is -0.923. The molecule has 12 heteroatoms. The molecule has 1 unspecified atom stereocenters. The van der Waals surface area contributed by atoms with Gasteiger partial charge >= 0.3 is 0 Å². The lowest BCUT2D eigenvalue weighted by Crippen LogP contribution is -2.52. The Balaban J connectivity index is 1.70. The highest BCUT2D eigenvalue weighted by Gasteiger charge is 2.33. The molecule has 0 radical (unpaired) electrons. The van der Waals surface area contributed by atoms with Crippen LogP contribution in [0.1, 0.15) is 38.2 Å². The van der Waals surface area contributed by atoms with Crippen LogP contribution in [0.25, 0.3) is 0 Å². The van der Waals surface area contributed by atoms with Crippen molar-refractivity contribution in [2.75, 3.05) is 10.8 Å². The number of benzene rings is 3. The summed E-state index contributed by atoms with van der Waals surface area (Å²) in [6, 6.07) is 16.1. The fourth-order valence-corrected chi connectivity index (χ4v) is 6.74. The average Bonchev–Trinajstić information content (AvgIpc) is 3.46. The van der Waals surface area contributed by atoms with Gasteiger partial charge < -0.3 is 10.2 Å². The molecule has 2 amide bonds. The summed E-state index contributed by atoms with van der Waals surface area (Å²) >= 11 is 24.6. The normalized spacial score (nSPS) is 14.5. The number of nitrogens with zero attached hydrogens (tertiary/aromatic N) is 2. The first-order chi connectivity index (χ1) is 19.5. The zero-order valence-electron chi connectivity index (χ0n) is 22.2. The summed E-state index contributed by atoms with van der Waals surface area (Å²) in [4.78, 5) is 28.6. The van der Waals surface area contributed by atoms with Gasteiger partial charge in [0.1, 0.15) is 12.6 Å². The molecule has 0 spiro atoms. The molecule has 0 saturated heterocycles. The lowest BCUT2D eigenvalue weighted by Gasteiger charge is -2.32. The summed E-state index contributed by atoms with van der Waals surface area (Å²) in [5.41, 5.74) is 0.773. The molecule has 1 aliphatic carbocycles. The van der Waals surface area contributed by atoms with Crippen molar-refractivity contribution in [1.82, 2.24) is 10.2 Å². The summed E-state index contributed by atoms with van der Waals surface area (Å²) in [5, 5.41) is 4.03. The van der Waals surface area contributed by atoms with Crippen molar-refractivity contribution in [3.05, 3.63) is 92.4 Å². The van der Waals surface area contributed by atoms with E-state index >= 15 is 0 Å². The number of rotatable bonds is 10. The lowest BCUT2D eigenvalue weighted by atomic mass is 10.1. The number of carbonyl (C=O) groups excluding carboxylic acids is 2. The van der Waals surface area contributed by atoms with Crippen molar-refractivity contribution in [3.63, 3.8) is 0 Å². The largest absolute Gasteiger partial charge is 0.352 e. The van der Waals surface area contributed by atoms with Gasteiger partial charge in [0.05, 0.1) is 30.7 Å². The molecule has 41 heavy (non-hydrogen) atoms. The number of amides is 2. The van der Waals surface area contributed by atoms with Crippen LogP contribution in [0, 0.1) is 0 Å². The van der Waals surface area contributed by atoms with Crippen LogP contribution in [-0.2, 0) is 26.2 Å². The minimum Gasteiger partial charge on any atom is -0.352 e. The molecule has 1 saturated carbocycles. The zero-order chi connectivity index (χ0) is 29.7. The van der Waals surface area contributed by atoms with Crippen LogP contribution in [-0.4, -0.2) is 43.8 Å². The molecule has 0 bridgehead atoms. The number of nitrogens with one attached hydrogen (secondary N) is 1. The van der Waals surface area contributed by atoms with E-state index in [-0.39, 0.29) is 39.1 Å². The van der Waals surface area contributed by atoms with E-state index in [9.17, 15) is 18.0 Å². The first kappa shape index (κ1) is 31.4. The molecule has 0 aliphatic heterocycles. The van der Waals surface area contributed by atoms with Gasteiger partial charge in [0.2, 0.25) is 11.8 Å². The van der Waals surface area contributed by atoms with E-state index in [0.29, 0.717) is 15.6 Å². The van der Waals surface area contributed by atoms with Gasteiger partial charge in [-0.15, -0.1) is 0 Å². The quantitative estimate of drug-likeness (QED) is 0.255. The number of hydrogen-bond acceptors (Lipinski definition) is 4. The summed E-state index contributed by atoms with van der Waals surface area (Å²) in [6.45, 7) is 1.02. The third kappa shape index (κ3) is 7.67. The maximum Gasteiger partial charge on any atom is 0.264 e. The van der Waals surface area contributed by atoms with Gasteiger partial charge in [-0.3, -0.25) is 13.9 Å². The smallest absolute Gasteiger partial charge is 0.264 e. The molecular formula is C29H29Cl4N3O4S. The van der Waals surface area contributed by atoms with Gasteiger partial charge in [-0.1, -0.05) is 83.5 Å². The number of anilines is 1. The van der Waals surface area contributed by atoms with E-state index in [1.165, 1.54) is 35.2 Å². The van der Waals surface area contributed by atoms with E-state index in [0.717, 1.165) is 30.0 Å². The number of sulfonamides is 1. The molecule has 1 atom stereocenters. The minimum atomic E-state index is -4.22. The van der Waals surface area contributed by atoms with Gasteiger partial charge in [0.25, 0.3) is 10.0 Å². The predicted octanol–water partition coefficient (Wildman–Crippen LogP) is 6.97. The van der Waals surface area contributed by atoms with Crippen LogP contribution < -0.4 is 9.62 Å². The van der Waals surface area contributed by atoms with E-state index in [2.05, 4.69) is 5.32 Å². The van der Waals surface area contributed by atoms with Gasteiger partial charge in [-0.2, -0.15) is 0 Å². The first-order valence-electron chi connectivity index (χ1n) is 13.0. The summed E-state index contributed by atoms with van der Waals surface area (Å²) in [7, 11) is -4.22. The Labute approximate surface area is 260 Å². The molecule has 3 aromatic rings. The van der Waals surface area contributed by atoms with Crippen molar-refractivity contribution < 1.29 is 18.0 Å². The van der Waals surface area contributed by atoms with Crippen molar-refractivity contribution in [3.8, 4) is 0 Å². The minimum absolute atomic E-state index is 0.00439. The molecule has 1 N–H and O–H groups in total. The molecule has 3 aromatic carbocycles. The fraction of sp³-hybridized carbons (Fsp3) is 0.310. The average molecular weight is 657 g/mol. The molecule has 0 heterocycles. The molecule has 4 rings (SSSR count). The molecule has 218 valence electrons. The molecule has 0 aromatic heterocycles. The van der Waals surface area contributed by atoms with Crippen molar-refractivity contribution in [2.24, 2.45) is 0 Å². The topological polar surface area (TPSA) is 86.8 Å². The molecule has 1 aliphatic rings. The summed E-state index contributed by atoms with van der Waals surface area (Å²) in [6.07, 6.45) is 3.81. The standard InChI is InChI=1S/C29H29Cl4N3O4S/c1-19(29(38)34-21-7-5-6-8-21)35(17-20-11-13-24(30)26(32)15-20)28(37)18-36(22-12-14-25(31)27(33)16-22)41(39,40)23-9-3-2-4-10-23/h2-4,9-16,19,21H,5-8,17-18H2,1H3,(H,34,38). The van der Waals surface area contributed by atoms with E-state index < -0.39 is 28.5 Å². The second-order valence-electron chi connectivity index (χ2n) is 9.86. The van der Waals surface area contributed by atoms with Crippen LogP contribution in [0.2, 0.25) is 20.1 Å². The Kier molecular flexibility index (Phi) is 10.5. The fourth-order valence-electron chi connectivity index (χ4n) is 4.70. The Bertz CT molecular complexity index is 1520. The number of carbonyl (C=O) groups is 2. The molecular weight excluding hydrogens is 628 g/mol. The number of hydrogen-bond donors (Lipinski definition) is 1. The van der Waals surface area contributed by atoms with E-state index in [1.54, 1.807) is 43.3 Å². The highest BCUT2D eigenvalue weighted by molar-refractivity contribution is 7.92. The Hall–Kier alpha value is -2.49. The highest BCUT2D eigenvalue weighted by atomic mass is 35.5. The predicted molar refractivity (Wildman–Crippen MR) is 164 cm³/mol. The maximum absolute atomic E-state index is 14.0. The van der Waals surface area contributed by atoms with Crippen molar-refractivity contribution in [2.45, 2.75) is 56.1 Å². The van der Waals surface area contributed by atoms with Gasteiger partial charge in [0, 0.05) is 12.6 Å². The lowest BCUT2D eigenvalue weighted by molar-refractivity contribution is -0.139. The number of halogens is 4. The second kappa shape index (κ2) is 13.7. The maximum atomic E-state index is 14.0. The second-order valence-corrected chi connectivity index (χ2v) is 13.4. The van der Waals surface area contributed by atoms with Crippen molar-refractivity contribution >= 4 is 73.9 Å². The zero-order valence-corrected chi connectivity index (χ0v) is 26.0. The van der Waals surface area contributed by atoms with Gasteiger partial charge in [-0.05, 0) is 67.8 Å². The molecule has 1 fully saturated rings. The summed E-state index contributed by atoms with van der Waals surface area (Å²) < 4.78 is 28.6. The Morgan fingerprint density at radius 2 is 1.49 bits per heavy atom. The first-order valence-corrected chi connectivity index (χ1v) is 16.0. The monoisotopic (exact) mass is 655 g/mol. The van der Waals surface area contributed by atoms with Gasteiger partial charge in [-0.25, -0.2) is 8.42 Å². The third-order valence-electron chi connectivity index (χ3n) is 7.01. The van der Waals surface area contributed by atoms with Gasteiger partial charge in [0.15, 0.2) is 0 Å². The van der Waals surface area contributed by atoms with Crippen LogP contribution in [0.4, 0.5) is 5.69 Å². The van der Waals surface area contributed by atoms with E-state index in [4.69, 9.17) is 46.4 Å². The highest BCUT2D eigenvalue weighted by Crippen LogP contribution is 2.31. The van der Waals surface area contributed by atoms with Crippen LogP contribution in [0.5, 0.6) is 0 Å². The van der Waals surface area contributed by atoms with Crippen LogP contribution in [0.15, 0.2) is 71.6 Å². The van der Waals surface area contributed by atoms with E-state index in [1.807, 2.05) is 0 Å². The Morgan fingerprint density at radius 3 is 2.10 bits per heavy atom. The van der Waals surface area contributed by atoms with Crippen molar-refractivity contribution in [1.29, 1.82) is 0 Å². The molecule has 7 nitrogen and oxygen atoms in total. The third-order valence-corrected chi connectivity index (χ3v) is 10.3. The Morgan fingerprint density at radius 1 is 0.878 bits per heavy atom. The SMILES string of the molecule is CC(C(=O)NC1CCCC1)N(Cc1ccc(Cl)c(Cl)c1)C(=O)CN(c1ccc(Cl)c(Cl)c1)S(=O)(=O)c1ccccc1. The van der Waals surface area contributed by atoms with Crippen LogP contribution >= 0.6 is 46.4 Å².